The minimum atomic E-state index is -0.545. The van der Waals surface area contributed by atoms with Crippen LogP contribution in [0.3, 0.4) is 0 Å². The summed E-state index contributed by atoms with van der Waals surface area (Å²) in [5.41, 5.74) is 0.764. The molecule has 0 saturated heterocycles. The highest BCUT2D eigenvalue weighted by Gasteiger charge is 2.07. The fraction of sp³-hybridized carbons (Fsp3) is 0.167. The molecule has 0 radical (unpaired) electrons. The third-order valence-electron chi connectivity index (χ3n) is 2.30. The monoisotopic (exact) mass is 235 g/mol. The zero-order valence-corrected chi connectivity index (χ0v) is 9.03. The fourth-order valence-corrected chi connectivity index (χ4v) is 1.44. The first-order chi connectivity index (χ1) is 8.27. The molecular formula is C12H11F2N3. The standard InChI is InChI=1S/C12H11F2N3/c13-11-4-1-5-12(14)10(11)8-15-7-9-3-2-6-16-17-9/h1-6,15H,7-8H2. The highest BCUT2D eigenvalue weighted by molar-refractivity contribution is 5.19. The van der Waals surface area contributed by atoms with E-state index in [0.29, 0.717) is 6.54 Å². The number of aromatic nitrogens is 2. The third kappa shape index (κ3) is 3.04. The van der Waals surface area contributed by atoms with Gasteiger partial charge in [0.15, 0.2) is 0 Å². The van der Waals surface area contributed by atoms with Gasteiger partial charge in [-0.1, -0.05) is 6.07 Å². The lowest BCUT2D eigenvalue weighted by molar-refractivity contribution is 0.533. The maximum atomic E-state index is 13.3. The Balaban J connectivity index is 1.95. The van der Waals surface area contributed by atoms with E-state index in [4.69, 9.17) is 0 Å². The van der Waals surface area contributed by atoms with Gasteiger partial charge in [-0.05, 0) is 24.3 Å². The van der Waals surface area contributed by atoms with Crippen LogP contribution >= 0.6 is 0 Å². The molecule has 0 atom stereocenters. The SMILES string of the molecule is Fc1cccc(F)c1CNCc1cccnn1. The highest BCUT2D eigenvalue weighted by atomic mass is 19.1. The maximum Gasteiger partial charge on any atom is 0.130 e. The van der Waals surface area contributed by atoms with E-state index >= 15 is 0 Å². The van der Waals surface area contributed by atoms with Crippen molar-refractivity contribution in [3.63, 3.8) is 0 Å². The van der Waals surface area contributed by atoms with Crippen molar-refractivity contribution in [3.8, 4) is 0 Å². The first kappa shape index (κ1) is 11.6. The number of hydrogen-bond acceptors (Lipinski definition) is 3. The Bertz CT molecular complexity index is 468. The van der Waals surface area contributed by atoms with Gasteiger partial charge in [-0.2, -0.15) is 10.2 Å². The summed E-state index contributed by atoms with van der Waals surface area (Å²) in [6.07, 6.45) is 1.57. The summed E-state index contributed by atoms with van der Waals surface area (Å²) in [4.78, 5) is 0. The van der Waals surface area contributed by atoms with Gasteiger partial charge in [0.25, 0.3) is 0 Å². The van der Waals surface area contributed by atoms with Crippen molar-refractivity contribution >= 4 is 0 Å². The van der Waals surface area contributed by atoms with Crippen LogP contribution in [0.5, 0.6) is 0 Å². The minimum Gasteiger partial charge on any atom is -0.307 e. The van der Waals surface area contributed by atoms with Gasteiger partial charge >= 0.3 is 0 Å². The molecule has 1 heterocycles. The molecule has 0 aliphatic carbocycles. The van der Waals surface area contributed by atoms with E-state index in [1.54, 1.807) is 18.3 Å². The zero-order chi connectivity index (χ0) is 12.1. The van der Waals surface area contributed by atoms with E-state index in [-0.39, 0.29) is 12.1 Å². The van der Waals surface area contributed by atoms with E-state index < -0.39 is 11.6 Å². The molecule has 2 rings (SSSR count). The molecule has 0 bridgehead atoms. The van der Waals surface area contributed by atoms with Crippen molar-refractivity contribution in [2.45, 2.75) is 13.1 Å². The molecule has 0 unspecified atom stereocenters. The molecule has 1 aromatic heterocycles. The van der Waals surface area contributed by atoms with E-state index in [1.807, 2.05) is 0 Å². The summed E-state index contributed by atoms with van der Waals surface area (Å²) in [7, 11) is 0. The molecule has 0 spiro atoms. The Morgan fingerprint density at radius 1 is 1.00 bits per heavy atom. The van der Waals surface area contributed by atoms with Crippen molar-refractivity contribution in [1.82, 2.24) is 15.5 Å². The van der Waals surface area contributed by atoms with Crippen molar-refractivity contribution in [1.29, 1.82) is 0 Å². The topological polar surface area (TPSA) is 37.8 Å². The van der Waals surface area contributed by atoms with Crippen molar-refractivity contribution in [3.05, 3.63) is 59.4 Å². The second-order valence-electron chi connectivity index (χ2n) is 3.52. The zero-order valence-electron chi connectivity index (χ0n) is 9.03. The maximum absolute atomic E-state index is 13.3. The first-order valence-corrected chi connectivity index (χ1v) is 5.17. The number of halogens is 2. The minimum absolute atomic E-state index is 0.0383. The largest absolute Gasteiger partial charge is 0.307 e. The predicted molar refractivity (Wildman–Crippen MR) is 58.9 cm³/mol. The molecular weight excluding hydrogens is 224 g/mol. The molecule has 2 aromatic rings. The number of nitrogens with one attached hydrogen (secondary N) is 1. The lowest BCUT2D eigenvalue weighted by Crippen LogP contribution is -2.16. The molecule has 1 aromatic carbocycles. The van der Waals surface area contributed by atoms with E-state index in [2.05, 4.69) is 15.5 Å². The Morgan fingerprint density at radius 2 is 1.76 bits per heavy atom. The van der Waals surface area contributed by atoms with Gasteiger partial charge in [0.05, 0.1) is 5.69 Å². The molecule has 3 nitrogen and oxygen atoms in total. The van der Waals surface area contributed by atoms with Crippen LogP contribution in [0.1, 0.15) is 11.3 Å². The average Bonchev–Trinajstić information content (AvgIpc) is 2.34. The lowest BCUT2D eigenvalue weighted by Gasteiger charge is -2.06. The first-order valence-electron chi connectivity index (χ1n) is 5.17. The number of nitrogens with zero attached hydrogens (tertiary/aromatic N) is 2. The van der Waals surface area contributed by atoms with Crippen LogP contribution in [0, 0.1) is 11.6 Å². The smallest absolute Gasteiger partial charge is 0.130 e. The summed E-state index contributed by atoms with van der Waals surface area (Å²) in [6.45, 7) is 0.538. The molecule has 88 valence electrons. The van der Waals surface area contributed by atoms with Gasteiger partial charge in [-0.3, -0.25) is 0 Å². The van der Waals surface area contributed by atoms with Crippen LogP contribution in [0.25, 0.3) is 0 Å². The van der Waals surface area contributed by atoms with Crippen LogP contribution in [0.2, 0.25) is 0 Å². The summed E-state index contributed by atoms with van der Waals surface area (Å²) in [5, 5.41) is 10.5. The van der Waals surface area contributed by atoms with Crippen molar-refractivity contribution in [2.24, 2.45) is 0 Å². The Labute approximate surface area is 97.5 Å². The second-order valence-corrected chi connectivity index (χ2v) is 3.52. The van der Waals surface area contributed by atoms with Crippen LogP contribution in [0.15, 0.2) is 36.5 Å². The van der Waals surface area contributed by atoms with Crippen LogP contribution in [-0.2, 0) is 13.1 Å². The van der Waals surface area contributed by atoms with Gasteiger partial charge < -0.3 is 5.32 Å². The van der Waals surface area contributed by atoms with Crippen molar-refractivity contribution in [2.75, 3.05) is 0 Å². The highest BCUT2D eigenvalue weighted by Crippen LogP contribution is 2.11. The van der Waals surface area contributed by atoms with Gasteiger partial charge in [0.1, 0.15) is 11.6 Å². The van der Waals surface area contributed by atoms with Gasteiger partial charge in [-0.25, -0.2) is 8.78 Å². The number of benzene rings is 1. The Hall–Kier alpha value is -1.88. The molecule has 17 heavy (non-hydrogen) atoms. The summed E-state index contributed by atoms with van der Waals surface area (Å²) >= 11 is 0. The third-order valence-corrected chi connectivity index (χ3v) is 2.30. The molecule has 5 heteroatoms. The Morgan fingerprint density at radius 3 is 2.41 bits per heavy atom. The van der Waals surface area contributed by atoms with Crippen LogP contribution < -0.4 is 5.32 Å². The predicted octanol–water partition coefficient (Wildman–Crippen LogP) is 2.04. The van der Waals surface area contributed by atoms with Gasteiger partial charge in [-0.15, -0.1) is 0 Å². The summed E-state index contributed by atoms with van der Waals surface area (Å²) in [6, 6.07) is 7.37. The Kier molecular flexibility index (Phi) is 3.72. The van der Waals surface area contributed by atoms with E-state index in [9.17, 15) is 8.78 Å². The molecule has 1 N–H and O–H groups in total. The summed E-state index contributed by atoms with van der Waals surface area (Å²) < 4.78 is 26.5. The number of hydrogen-bond donors (Lipinski definition) is 1. The molecule has 0 saturated carbocycles. The van der Waals surface area contributed by atoms with Crippen LogP contribution in [-0.4, -0.2) is 10.2 Å². The van der Waals surface area contributed by atoms with Crippen molar-refractivity contribution < 1.29 is 8.78 Å². The quantitative estimate of drug-likeness (QED) is 0.881. The molecule has 0 aliphatic heterocycles. The average molecular weight is 235 g/mol. The second kappa shape index (κ2) is 5.45. The van der Waals surface area contributed by atoms with Gasteiger partial charge in [0.2, 0.25) is 0 Å². The van der Waals surface area contributed by atoms with Gasteiger partial charge in [0, 0.05) is 24.8 Å². The molecule has 0 aliphatic rings. The molecule has 0 fully saturated rings. The normalized spacial score (nSPS) is 10.5. The van der Waals surface area contributed by atoms with Crippen LogP contribution in [0.4, 0.5) is 8.78 Å². The summed E-state index contributed by atoms with van der Waals surface area (Å²) in [5.74, 6) is -1.09. The van der Waals surface area contributed by atoms with E-state index in [0.717, 1.165) is 5.69 Å². The van der Waals surface area contributed by atoms with E-state index in [1.165, 1.54) is 18.2 Å². The molecule has 0 amide bonds. The fourth-order valence-electron chi connectivity index (χ4n) is 1.44. The number of rotatable bonds is 4. The lowest BCUT2D eigenvalue weighted by atomic mass is 10.2.